The van der Waals surface area contributed by atoms with E-state index in [1.807, 2.05) is 36.4 Å². The summed E-state index contributed by atoms with van der Waals surface area (Å²) in [6, 6.07) is 18.6. The van der Waals surface area contributed by atoms with Crippen molar-refractivity contribution in [1.29, 1.82) is 5.26 Å². The van der Waals surface area contributed by atoms with Crippen molar-refractivity contribution in [3.8, 4) is 11.8 Å². The van der Waals surface area contributed by atoms with E-state index >= 15 is 0 Å². The first kappa shape index (κ1) is 14.9. The normalized spacial score (nSPS) is 11.5. The smallest absolute Gasteiger partial charge is 0.118 e. The molecule has 3 heteroatoms. The molecular formula is C18H20N2O. The molecule has 0 aliphatic carbocycles. The third-order valence-electron chi connectivity index (χ3n) is 3.50. The van der Waals surface area contributed by atoms with E-state index < -0.39 is 0 Å². The Morgan fingerprint density at radius 2 is 1.76 bits per heavy atom. The van der Waals surface area contributed by atoms with Crippen LogP contribution >= 0.6 is 0 Å². The predicted octanol–water partition coefficient (Wildman–Crippen LogP) is 4.32. The maximum absolute atomic E-state index is 8.69. The lowest BCUT2D eigenvalue weighted by Gasteiger charge is -2.19. The van der Waals surface area contributed by atoms with E-state index in [1.165, 1.54) is 5.56 Å². The topological polar surface area (TPSA) is 45.0 Å². The molecule has 3 nitrogen and oxygen atoms in total. The van der Waals surface area contributed by atoms with Crippen LogP contribution in [-0.2, 0) is 6.42 Å². The molecule has 0 radical (unpaired) electrons. The summed E-state index contributed by atoms with van der Waals surface area (Å²) in [6.07, 6.45) is 1.45. The summed E-state index contributed by atoms with van der Waals surface area (Å²) in [5, 5.41) is 12.2. The first-order valence-electron chi connectivity index (χ1n) is 7.13. The summed E-state index contributed by atoms with van der Waals surface area (Å²) in [4.78, 5) is 0. The van der Waals surface area contributed by atoms with Crippen molar-refractivity contribution in [3.05, 3.63) is 59.7 Å². The lowest BCUT2D eigenvalue weighted by Crippen LogP contribution is -2.09. The maximum atomic E-state index is 8.69. The number of nitrogens with one attached hydrogen (secondary N) is 1. The third-order valence-corrected chi connectivity index (χ3v) is 3.50. The van der Waals surface area contributed by atoms with Crippen molar-refractivity contribution in [2.45, 2.75) is 25.8 Å². The molecule has 1 N–H and O–H groups in total. The fraction of sp³-hybridized carbons (Fsp3) is 0.278. The van der Waals surface area contributed by atoms with Crippen LogP contribution in [0, 0.1) is 11.3 Å². The predicted molar refractivity (Wildman–Crippen MR) is 85.4 cm³/mol. The highest BCUT2D eigenvalue weighted by Gasteiger charge is 2.09. The van der Waals surface area contributed by atoms with Gasteiger partial charge in [-0.25, -0.2) is 0 Å². The number of nitriles is 1. The summed E-state index contributed by atoms with van der Waals surface area (Å²) in [5.41, 5.74) is 3.35. The quantitative estimate of drug-likeness (QED) is 0.856. The molecule has 108 valence electrons. The Hall–Kier alpha value is -2.47. The molecule has 1 atom stereocenters. The molecule has 0 heterocycles. The zero-order valence-electron chi connectivity index (χ0n) is 12.5. The number of hydrogen-bond acceptors (Lipinski definition) is 3. The largest absolute Gasteiger partial charge is 0.497 e. The molecule has 0 aliphatic heterocycles. The van der Waals surface area contributed by atoms with Gasteiger partial charge in [0.05, 0.1) is 25.6 Å². The lowest BCUT2D eigenvalue weighted by molar-refractivity contribution is 0.414. The van der Waals surface area contributed by atoms with Gasteiger partial charge in [-0.15, -0.1) is 0 Å². The van der Waals surface area contributed by atoms with E-state index in [0.717, 1.165) is 23.4 Å². The molecule has 0 aliphatic rings. The van der Waals surface area contributed by atoms with Crippen LogP contribution < -0.4 is 10.1 Å². The van der Waals surface area contributed by atoms with Gasteiger partial charge in [0, 0.05) is 5.69 Å². The molecule has 1 unspecified atom stereocenters. The van der Waals surface area contributed by atoms with Crippen LogP contribution in [0.25, 0.3) is 0 Å². The van der Waals surface area contributed by atoms with Crippen LogP contribution in [0.5, 0.6) is 5.75 Å². The van der Waals surface area contributed by atoms with Crippen LogP contribution in [0.2, 0.25) is 0 Å². The SMILES string of the molecule is CCC(Nc1ccc(CC#N)cc1)c1ccc(OC)cc1. The molecule has 0 spiro atoms. The number of rotatable bonds is 6. The zero-order chi connectivity index (χ0) is 15.1. The van der Waals surface area contributed by atoms with Crippen molar-refractivity contribution in [2.24, 2.45) is 0 Å². The van der Waals surface area contributed by atoms with Crippen molar-refractivity contribution in [3.63, 3.8) is 0 Å². The van der Waals surface area contributed by atoms with E-state index in [0.29, 0.717) is 6.42 Å². The maximum Gasteiger partial charge on any atom is 0.118 e. The zero-order valence-corrected chi connectivity index (χ0v) is 12.5. The Kier molecular flexibility index (Phi) is 5.22. The Labute approximate surface area is 126 Å². The van der Waals surface area contributed by atoms with Crippen LogP contribution in [0.1, 0.15) is 30.5 Å². The van der Waals surface area contributed by atoms with E-state index in [9.17, 15) is 0 Å². The number of anilines is 1. The van der Waals surface area contributed by atoms with Gasteiger partial charge >= 0.3 is 0 Å². The van der Waals surface area contributed by atoms with Gasteiger partial charge in [0.25, 0.3) is 0 Å². The Balaban J connectivity index is 2.09. The fourth-order valence-corrected chi connectivity index (χ4v) is 2.27. The van der Waals surface area contributed by atoms with E-state index in [2.05, 4.69) is 30.4 Å². The summed E-state index contributed by atoms with van der Waals surface area (Å²) >= 11 is 0. The Morgan fingerprint density at radius 1 is 1.10 bits per heavy atom. The van der Waals surface area contributed by atoms with Gasteiger partial charge in [0.2, 0.25) is 0 Å². The monoisotopic (exact) mass is 280 g/mol. The van der Waals surface area contributed by atoms with Crippen molar-refractivity contribution < 1.29 is 4.74 Å². The fourth-order valence-electron chi connectivity index (χ4n) is 2.27. The average molecular weight is 280 g/mol. The van der Waals surface area contributed by atoms with Gasteiger partial charge in [-0.1, -0.05) is 31.2 Å². The van der Waals surface area contributed by atoms with Crippen LogP contribution in [0.15, 0.2) is 48.5 Å². The minimum absolute atomic E-state index is 0.262. The number of methoxy groups -OCH3 is 1. The lowest BCUT2D eigenvalue weighted by atomic mass is 10.0. The third kappa shape index (κ3) is 4.00. The molecule has 0 aromatic heterocycles. The molecule has 2 aromatic carbocycles. The van der Waals surface area contributed by atoms with Crippen molar-refractivity contribution in [2.75, 3.05) is 12.4 Å². The first-order chi connectivity index (χ1) is 10.3. The molecular weight excluding hydrogens is 260 g/mol. The van der Waals surface area contributed by atoms with Gasteiger partial charge in [-0.05, 0) is 41.8 Å². The summed E-state index contributed by atoms with van der Waals surface area (Å²) in [5.74, 6) is 0.870. The van der Waals surface area contributed by atoms with Gasteiger partial charge in [0.15, 0.2) is 0 Å². The van der Waals surface area contributed by atoms with Gasteiger partial charge < -0.3 is 10.1 Å². The summed E-state index contributed by atoms with van der Waals surface area (Å²) in [6.45, 7) is 2.16. The van der Waals surface area contributed by atoms with E-state index in [1.54, 1.807) is 7.11 Å². The molecule has 0 saturated heterocycles. The van der Waals surface area contributed by atoms with Crippen molar-refractivity contribution in [1.82, 2.24) is 0 Å². The van der Waals surface area contributed by atoms with Crippen LogP contribution in [0.4, 0.5) is 5.69 Å². The molecule has 21 heavy (non-hydrogen) atoms. The molecule has 2 rings (SSSR count). The molecule has 0 bridgehead atoms. The molecule has 2 aromatic rings. The summed E-state index contributed by atoms with van der Waals surface area (Å²) in [7, 11) is 1.67. The highest BCUT2D eigenvalue weighted by atomic mass is 16.5. The number of hydrogen-bond donors (Lipinski definition) is 1. The average Bonchev–Trinajstić information content (AvgIpc) is 2.54. The highest BCUT2D eigenvalue weighted by Crippen LogP contribution is 2.24. The van der Waals surface area contributed by atoms with Crippen molar-refractivity contribution >= 4 is 5.69 Å². The highest BCUT2D eigenvalue weighted by molar-refractivity contribution is 5.47. The molecule has 0 fully saturated rings. The first-order valence-corrected chi connectivity index (χ1v) is 7.13. The van der Waals surface area contributed by atoms with E-state index in [4.69, 9.17) is 10.00 Å². The second-order valence-electron chi connectivity index (χ2n) is 4.91. The molecule has 0 saturated carbocycles. The number of nitrogens with zero attached hydrogens (tertiary/aromatic N) is 1. The second-order valence-corrected chi connectivity index (χ2v) is 4.91. The molecule has 0 amide bonds. The Morgan fingerprint density at radius 3 is 2.29 bits per heavy atom. The standard InChI is InChI=1S/C18H20N2O/c1-3-18(15-6-10-17(21-2)11-7-15)20-16-8-4-14(5-9-16)12-13-19/h4-11,18,20H,3,12H2,1-2H3. The van der Waals surface area contributed by atoms with Crippen LogP contribution in [-0.4, -0.2) is 7.11 Å². The van der Waals surface area contributed by atoms with E-state index in [-0.39, 0.29) is 6.04 Å². The minimum atomic E-state index is 0.262. The van der Waals surface area contributed by atoms with Gasteiger partial charge in [-0.3, -0.25) is 0 Å². The van der Waals surface area contributed by atoms with Crippen LogP contribution in [0.3, 0.4) is 0 Å². The summed E-state index contributed by atoms with van der Waals surface area (Å²) < 4.78 is 5.19. The Bertz CT molecular complexity index is 597. The van der Waals surface area contributed by atoms with Gasteiger partial charge in [0.1, 0.15) is 5.75 Å². The number of benzene rings is 2. The number of ether oxygens (including phenoxy) is 1. The van der Waals surface area contributed by atoms with Gasteiger partial charge in [-0.2, -0.15) is 5.26 Å². The minimum Gasteiger partial charge on any atom is -0.497 e. The second kappa shape index (κ2) is 7.35.